The van der Waals surface area contributed by atoms with Crippen LogP contribution >= 0.6 is 0 Å². The molecule has 2 aromatic heterocycles. The standard InChI is InChI=1S/C27H32N4O3/c1-19-24(16-17-26(32)34-3)20(2)31(29-19)23-14-12-21(13-15-23)27(33)30-18-8-7-11-25(30)28-22-9-5-4-6-10-22/h7-8,11-15,18,22H,4-6,9-10,16-17H2,1-3H3. The van der Waals surface area contributed by atoms with Crippen molar-refractivity contribution in [3.8, 4) is 5.69 Å². The molecule has 1 aromatic carbocycles. The van der Waals surface area contributed by atoms with E-state index in [2.05, 4.69) is 5.10 Å². The molecular weight excluding hydrogens is 428 g/mol. The molecule has 1 saturated carbocycles. The fourth-order valence-corrected chi connectivity index (χ4v) is 4.61. The molecular formula is C27H32N4O3. The van der Waals surface area contributed by atoms with Gasteiger partial charge in [-0.2, -0.15) is 5.10 Å². The molecule has 0 aliphatic heterocycles. The molecule has 0 amide bonds. The van der Waals surface area contributed by atoms with Gasteiger partial charge in [0.15, 0.2) is 0 Å². The minimum absolute atomic E-state index is 0.103. The quantitative estimate of drug-likeness (QED) is 0.513. The van der Waals surface area contributed by atoms with Gasteiger partial charge in [-0.15, -0.1) is 0 Å². The lowest BCUT2D eigenvalue weighted by Crippen LogP contribution is -2.29. The predicted octanol–water partition coefficient (Wildman–Crippen LogP) is 4.32. The highest BCUT2D eigenvalue weighted by molar-refractivity contribution is 5.95. The van der Waals surface area contributed by atoms with Crippen LogP contribution in [0, 0.1) is 13.8 Å². The molecule has 0 spiro atoms. The van der Waals surface area contributed by atoms with Gasteiger partial charge in [0, 0.05) is 23.9 Å². The second kappa shape index (κ2) is 10.6. The molecule has 3 aromatic rings. The lowest BCUT2D eigenvalue weighted by molar-refractivity contribution is -0.140. The Morgan fingerprint density at radius 3 is 2.50 bits per heavy atom. The van der Waals surface area contributed by atoms with Gasteiger partial charge in [0.2, 0.25) is 0 Å². The molecule has 1 aliphatic carbocycles. The first-order valence-corrected chi connectivity index (χ1v) is 12.0. The summed E-state index contributed by atoms with van der Waals surface area (Å²) >= 11 is 0. The van der Waals surface area contributed by atoms with Crippen molar-refractivity contribution in [2.24, 2.45) is 4.99 Å². The molecule has 1 aliphatic rings. The number of esters is 1. The number of hydrogen-bond acceptors (Lipinski definition) is 5. The van der Waals surface area contributed by atoms with Gasteiger partial charge in [-0.3, -0.25) is 19.1 Å². The Morgan fingerprint density at radius 1 is 1.06 bits per heavy atom. The molecule has 0 saturated heterocycles. The fraction of sp³-hybridized carbons (Fsp3) is 0.407. The largest absolute Gasteiger partial charge is 0.469 e. The zero-order valence-electron chi connectivity index (χ0n) is 20.2. The lowest BCUT2D eigenvalue weighted by Gasteiger charge is -2.17. The van der Waals surface area contributed by atoms with E-state index in [1.54, 1.807) is 10.8 Å². The first-order valence-electron chi connectivity index (χ1n) is 12.0. The number of carbonyl (C=O) groups excluding carboxylic acids is 2. The SMILES string of the molecule is COC(=O)CCc1c(C)nn(-c2ccc(C(=O)n3ccccc3=NC3CCCCC3)cc2)c1C. The van der Waals surface area contributed by atoms with E-state index in [-0.39, 0.29) is 17.9 Å². The number of methoxy groups -OCH3 is 1. The summed E-state index contributed by atoms with van der Waals surface area (Å²) in [4.78, 5) is 29.7. The smallest absolute Gasteiger partial charge is 0.305 e. The van der Waals surface area contributed by atoms with Crippen LogP contribution in [0.3, 0.4) is 0 Å². The maximum atomic E-state index is 13.3. The minimum Gasteiger partial charge on any atom is -0.469 e. The van der Waals surface area contributed by atoms with Crippen molar-refractivity contribution < 1.29 is 14.3 Å². The lowest BCUT2D eigenvalue weighted by atomic mass is 9.96. The Bertz CT molecular complexity index is 1230. The number of ether oxygens (including phenoxy) is 1. The summed E-state index contributed by atoms with van der Waals surface area (Å²) in [5.41, 5.74) is 5.07. The number of rotatable bonds is 6. The van der Waals surface area contributed by atoms with Crippen molar-refractivity contribution in [2.45, 2.75) is 64.8 Å². The first kappa shape index (κ1) is 23.7. The van der Waals surface area contributed by atoms with Crippen molar-refractivity contribution in [3.63, 3.8) is 0 Å². The van der Waals surface area contributed by atoms with E-state index in [0.717, 1.165) is 35.5 Å². The molecule has 0 N–H and O–H groups in total. The summed E-state index contributed by atoms with van der Waals surface area (Å²) in [7, 11) is 1.40. The summed E-state index contributed by atoms with van der Waals surface area (Å²) in [6.07, 6.45) is 8.53. The monoisotopic (exact) mass is 460 g/mol. The Hall–Kier alpha value is -3.48. The molecule has 0 atom stereocenters. The second-order valence-electron chi connectivity index (χ2n) is 8.84. The van der Waals surface area contributed by atoms with Gasteiger partial charge in [-0.05, 0) is 75.1 Å². The third-order valence-electron chi connectivity index (χ3n) is 6.55. The minimum atomic E-state index is -0.234. The average Bonchev–Trinajstić information content (AvgIpc) is 3.16. The van der Waals surface area contributed by atoms with Crippen molar-refractivity contribution >= 4 is 11.9 Å². The number of pyridine rings is 1. The molecule has 4 rings (SSSR count). The summed E-state index contributed by atoms with van der Waals surface area (Å²) in [5.74, 6) is -0.337. The van der Waals surface area contributed by atoms with E-state index in [0.29, 0.717) is 23.9 Å². The van der Waals surface area contributed by atoms with Gasteiger partial charge in [0.1, 0.15) is 5.49 Å². The van der Waals surface area contributed by atoms with E-state index < -0.39 is 0 Å². The van der Waals surface area contributed by atoms with Crippen molar-refractivity contribution in [3.05, 3.63) is 76.7 Å². The molecule has 7 heteroatoms. The van der Waals surface area contributed by atoms with Crippen LogP contribution in [-0.2, 0) is 16.0 Å². The maximum absolute atomic E-state index is 13.3. The summed E-state index contributed by atoms with van der Waals surface area (Å²) in [6, 6.07) is 13.4. The molecule has 2 heterocycles. The maximum Gasteiger partial charge on any atom is 0.305 e. The highest BCUT2D eigenvalue weighted by Crippen LogP contribution is 2.21. The van der Waals surface area contributed by atoms with Gasteiger partial charge in [-0.1, -0.05) is 25.3 Å². The number of hydrogen-bond donors (Lipinski definition) is 0. The van der Waals surface area contributed by atoms with E-state index in [1.807, 2.05) is 61.0 Å². The highest BCUT2D eigenvalue weighted by Gasteiger charge is 2.16. The Balaban J connectivity index is 1.57. The van der Waals surface area contributed by atoms with Crippen LogP contribution in [0.25, 0.3) is 5.69 Å². The summed E-state index contributed by atoms with van der Waals surface area (Å²) in [6.45, 7) is 3.93. The zero-order valence-corrected chi connectivity index (χ0v) is 20.2. The molecule has 0 bridgehead atoms. The highest BCUT2D eigenvalue weighted by atomic mass is 16.5. The van der Waals surface area contributed by atoms with E-state index in [1.165, 1.54) is 26.4 Å². The zero-order chi connectivity index (χ0) is 24.1. The molecule has 0 unspecified atom stereocenters. The van der Waals surface area contributed by atoms with Crippen molar-refractivity contribution in [1.82, 2.24) is 14.3 Å². The number of nitrogens with zero attached hydrogens (tertiary/aromatic N) is 4. The van der Waals surface area contributed by atoms with Crippen LogP contribution in [0.4, 0.5) is 0 Å². The van der Waals surface area contributed by atoms with Crippen LogP contribution < -0.4 is 5.49 Å². The predicted molar refractivity (Wildman–Crippen MR) is 130 cm³/mol. The van der Waals surface area contributed by atoms with E-state index in [4.69, 9.17) is 9.73 Å². The van der Waals surface area contributed by atoms with Gasteiger partial charge in [0.25, 0.3) is 5.91 Å². The number of aromatic nitrogens is 3. The molecule has 7 nitrogen and oxygen atoms in total. The molecule has 178 valence electrons. The van der Waals surface area contributed by atoms with E-state index in [9.17, 15) is 9.59 Å². The number of aryl methyl sites for hydroxylation is 1. The molecule has 34 heavy (non-hydrogen) atoms. The second-order valence-corrected chi connectivity index (χ2v) is 8.84. The Morgan fingerprint density at radius 2 is 1.79 bits per heavy atom. The average molecular weight is 461 g/mol. The van der Waals surface area contributed by atoms with Gasteiger partial charge in [-0.25, -0.2) is 4.68 Å². The van der Waals surface area contributed by atoms with E-state index >= 15 is 0 Å². The Kier molecular flexibility index (Phi) is 7.40. The van der Waals surface area contributed by atoms with Gasteiger partial charge in [0.05, 0.1) is 24.5 Å². The van der Waals surface area contributed by atoms with Gasteiger partial charge >= 0.3 is 5.97 Å². The topological polar surface area (TPSA) is 78.5 Å². The first-order chi connectivity index (χ1) is 16.5. The van der Waals surface area contributed by atoms with Gasteiger partial charge < -0.3 is 4.74 Å². The number of benzene rings is 1. The number of carbonyl (C=O) groups is 2. The van der Waals surface area contributed by atoms with Crippen molar-refractivity contribution in [2.75, 3.05) is 7.11 Å². The van der Waals surface area contributed by atoms with Crippen molar-refractivity contribution in [1.29, 1.82) is 0 Å². The summed E-state index contributed by atoms with van der Waals surface area (Å²) in [5, 5.41) is 4.66. The Labute approximate surface area is 200 Å². The van der Waals surface area contributed by atoms with Crippen LogP contribution in [0.15, 0.2) is 53.7 Å². The third-order valence-corrected chi connectivity index (χ3v) is 6.55. The van der Waals surface area contributed by atoms with Crippen LogP contribution in [0.5, 0.6) is 0 Å². The molecule has 0 radical (unpaired) electrons. The summed E-state index contributed by atoms with van der Waals surface area (Å²) < 4.78 is 8.25. The normalized spacial score (nSPS) is 14.9. The van der Waals surface area contributed by atoms with Crippen LogP contribution in [0.1, 0.15) is 65.8 Å². The fourth-order valence-electron chi connectivity index (χ4n) is 4.61. The van der Waals surface area contributed by atoms with Crippen LogP contribution in [-0.4, -0.2) is 39.4 Å². The third kappa shape index (κ3) is 5.19. The van der Waals surface area contributed by atoms with Crippen LogP contribution in [0.2, 0.25) is 0 Å². The molecule has 1 fully saturated rings.